The summed E-state index contributed by atoms with van der Waals surface area (Å²) in [6, 6.07) is 43.9. The van der Waals surface area contributed by atoms with Gasteiger partial charge in [0, 0.05) is 17.1 Å². The maximum atomic E-state index is 6.08. The Hall–Kier alpha value is -4.50. The zero-order valence-corrected chi connectivity index (χ0v) is 18.0. The molecule has 1 aliphatic rings. The molecule has 0 saturated heterocycles. The molecule has 6 rings (SSSR count). The molecule has 0 spiro atoms. The fraction of sp³-hybridized carbons (Fsp3) is 0. The SMILES string of the molecule is c1ccc(N(c2ccccc2)c2cccc(-c3ccc4c(c3)Nc3ccccc3O4)c2)cc1. The van der Waals surface area contributed by atoms with E-state index < -0.39 is 0 Å². The van der Waals surface area contributed by atoms with Gasteiger partial charge >= 0.3 is 0 Å². The predicted molar refractivity (Wildman–Crippen MR) is 136 cm³/mol. The Morgan fingerprint density at radius 3 is 1.82 bits per heavy atom. The van der Waals surface area contributed by atoms with Gasteiger partial charge in [-0.15, -0.1) is 0 Å². The van der Waals surface area contributed by atoms with E-state index in [0.717, 1.165) is 51.1 Å². The molecule has 0 fully saturated rings. The monoisotopic (exact) mass is 426 g/mol. The number of hydrogen-bond donors (Lipinski definition) is 1. The number of hydrogen-bond acceptors (Lipinski definition) is 3. The predicted octanol–water partition coefficient (Wildman–Crippen LogP) is 8.67. The van der Waals surface area contributed by atoms with Crippen molar-refractivity contribution < 1.29 is 4.74 Å². The second-order valence-corrected chi connectivity index (χ2v) is 7.99. The van der Waals surface area contributed by atoms with Gasteiger partial charge in [-0.2, -0.15) is 0 Å². The number of anilines is 5. The summed E-state index contributed by atoms with van der Waals surface area (Å²) < 4.78 is 6.08. The molecule has 0 aliphatic carbocycles. The highest BCUT2D eigenvalue weighted by molar-refractivity contribution is 5.83. The molecule has 1 aliphatic heterocycles. The van der Waals surface area contributed by atoms with E-state index in [1.807, 2.05) is 42.5 Å². The average Bonchev–Trinajstić information content (AvgIpc) is 2.89. The van der Waals surface area contributed by atoms with E-state index in [2.05, 4.69) is 95.1 Å². The molecule has 0 amide bonds. The Morgan fingerprint density at radius 1 is 0.455 bits per heavy atom. The normalized spacial score (nSPS) is 11.5. The molecule has 158 valence electrons. The van der Waals surface area contributed by atoms with Crippen LogP contribution in [0.1, 0.15) is 0 Å². The summed E-state index contributed by atoms with van der Waals surface area (Å²) in [4.78, 5) is 2.28. The Balaban J connectivity index is 1.40. The summed E-state index contributed by atoms with van der Waals surface area (Å²) >= 11 is 0. The summed E-state index contributed by atoms with van der Waals surface area (Å²) in [5.41, 5.74) is 7.59. The van der Waals surface area contributed by atoms with Gasteiger partial charge in [0.2, 0.25) is 0 Å². The lowest BCUT2D eigenvalue weighted by atomic mass is 10.0. The van der Waals surface area contributed by atoms with Crippen LogP contribution in [0.15, 0.2) is 127 Å². The summed E-state index contributed by atoms with van der Waals surface area (Å²) in [6.45, 7) is 0. The highest BCUT2D eigenvalue weighted by atomic mass is 16.5. The molecule has 5 aromatic carbocycles. The van der Waals surface area contributed by atoms with Crippen molar-refractivity contribution >= 4 is 28.4 Å². The van der Waals surface area contributed by atoms with Gasteiger partial charge in [-0.05, 0) is 71.8 Å². The van der Waals surface area contributed by atoms with Crippen LogP contribution in [-0.2, 0) is 0 Å². The van der Waals surface area contributed by atoms with Crippen LogP contribution in [0.2, 0.25) is 0 Å². The van der Waals surface area contributed by atoms with Crippen molar-refractivity contribution in [2.24, 2.45) is 0 Å². The molecule has 0 aromatic heterocycles. The molecular weight excluding hydrogens is 404 g/mol. The molecule has 33 heavy (non-hydrogen) atoms. The van der Waals surface area contributed by atoms with Gasteiger partial charge in [0.1, 0.15) is 0 Å². The molecule has 3 nitrogen and oxygen atoms in total. The minimum absolute atomic E-state index is 0.837. The second kappa shape index (κ2) is 8.21. The molecular formula is C30H22N2O. The third kappa shape index (κ3) is 3.70. The fourth-order valence-corrected chi connectivity index (χ4v) is 4.24. The third-order valence-corrected chi connectivity index (χ3v) is 5.82. The number of para-hydroxylation sites is 4. The van der Waals surface area contributed by atoms with Gasteiger partial charge in [-0.25, -0.2) is 0 Å². The third-order valence-electron chi connectivity index (χ3n) is 5.82. The van der Waals surface area contributed by atoms with Crippen LogP contribution in [-0.4, -0.2) is 0 Å². The minimum Gasteiger partial charge on any atom is -0.453 e. The lowest BCUT2D eigenvalue weighted by Crippen LogP contribution is -2.09. The second-order valence-electron chi connectivity index (χ2n) is 7.99. The molecule has 0 bridgehead atoms. The molecule has 0 radical (unpaired) electrons. The van der Waals surface area contributed by atoms with E-state index in [1.165, 1.54) is 0 Å². The number of rotatable bonds is 4. The molecule has 3 heteroatoms. The van der Waals surface area contributed by atoms with Gasteiger partial charge in [0.05, 0.1) is 11.4 Å². The number of fused-ring (bicyclic) bond motifs is 2. The van der Waals surface area contributed by atoms with Gasteiger partial charge in [0.25, 0.3) is 0 Å². The molecule has 1 heterocycles. The number of nitrogens with one attached hydrogen (secondary N) is 1. The first-order chi connectivity index (χ1) is 16.3. The quantitative estimate of drug-likeness (QED) is 0.305. The van der Waals surface area contributed by atoms with E-state index in [9.17, 15) is 0 Å². The molecule has 0 atom stereocenters. The molecule has 5 aromatic rings. The number of benzene rings is 5. The highest BCUT2D eigenvalue weighted by Crippen LogP contribution is 2.44. The summed E-state index contributed by atoms with van der Waals surface area (Å²) in [5, 5.41) is 3.50. The van der Waals surface area contributed by atoms with Gasteiger partial charge in [-0.3, -0.25) is 0 Å². The Bertz CT molecular complexity index is 1370. The van der Waals surface area contributed by atoms with Crippen LogP contribution in [0.5, 0.6) is 11.5 Å². The summed E-state index contributed by atoms with van der Waals surface area (Å²) in [6.07, 6.45) is 0. The number of ether oxygens (including phenoxy) is 1. The van der Waals surface area contributed by atoms with Crippen LogP contribution in [0.4, 0.5) is 28.4 Å². The maximum absolute atomic E-state index is 6.08. The average molecular weight is 427 g/mol. The van der Waals surface area contributed by atoms with Crippen LogP contribution < -0.4 is 15.0 Å². The summed E-state index contributed by atoms with van der Waals surface area (Å²) in [5.74, 6) is 1.69. The Labute approximate surface area is 193 Å². The standard InChI is InChI=1S/C30H22N2O/c1-3-11-24(12-4-1)32(25-13-5-2-6-14-25)26-15-9-10-22(20-26)23-18-19-30-28(21-23)31-27-16-7-8-17-29(27)33-30/h1-21,31H. The van der Waals surface area contributed by atoms with Crippen LogP contribution in [0, 0.1) is 0 Å². The van der Waals surface area contributed by atoms with E-state index in [-0.39, 0.29) is 0 Å². The highest BCUT2D eigenvalue weighted by Gasteiger charge is 2.17. The van der Waals surface area contributed by atoms with E-state index >= 15 is 0 Å². The molecule has 0 unspecified atom stereocenters. The van der Waals surface area contributed by atoms with Crippen LogP contribution in [0.3, 0.4) is 0 Å². The van der Waals surface area contributed by atoms with Crippen molar-refractivity contribution in [1.29, 1.82) is 0 Å². The first-order valence-electron chi connectivity index (χ1n) is 11.0. The Morgan fingerprint density at radius 2 is 1.06 bits per heavy atom. The maximum Gasteiger partial charge on any atom is 0.151 e. The smallest absolute Gasteiger partial charge is 0.151 e. The van der Waals surface area contributed by atoms with Gasteiger partial charge < -0.3 is 15.0 Å². The van der Waals surface area contributed by atoms with Crippen LogP contribution in [0.25, 0.3) is 11.1 Å². The molecule has 0 saturated carbocycles. The van der Waals surface area contributed by atoms with Crippen molar-refractivity contribution in [2.75, 3.05) is 10.2 Å². The largest absolute Gasteiger partial charge is 0.453 e. The van der Waals surface area contributed by atoms with Crippen LogP contribution >= 0.6 is 0 Å². The lowest BCUT2D eigenvalue weighted by Gasteiger charge is -2.26. The first-order valence-corrected chi connectivity index (χ1v) is 11.0. The molecule has 1 N–H and O–H groups in total. The van der Waals surface area contributed by atoms with Crippen molar-refractivity contribution in [3.05, 3.63) is 127 Å². The zero-order chi connectivity index (χ0) is 22.0. The topological polar surface area (TPSA) is 24.5 Å². The lowest BCUT2D eigenvalue weighted by molar-refractivity contribution is 0.481. The van der Waals surface area contributed by atoms with Gasteiger partial charge in [-0.1, -0.05) is 66.7 Å². The first kappa shape index (κ1) is 19.2. The number of nitrogens with zero attached hydrogens (tertiary/aromatic N) is 1. The van der Waals surface area contributed by atoms with E-state index in [1.54, 1.807) is 0 Å². The Kier molecular flexibility index (Phi) is 4.78. The van der Waals surface area contributed by atoms with E-state index in [4.69, 9.17) is 4.74 Å². The minimum atomic E-state index is 0.837. The van der Waals surface area contributed by atoms with E-state index in [0.29, 0.717) is 0 Å². The summed E-state index contributed by atoms with van der Waals surface area (Å²) in [7, 11) is 0. The van der Waals surface area contributed by atoms with Crippen molar-refractivity contribution in [3.63, 3.8) is 0 Å². The van der Waals surface area contributed by atoms with Crippen molar-refractivity contribution in [1.82, 2.24) is 0 Å². The zero-order valence-electron chi connectivity index (χ0n) is 18.0. The van der Waals surface area contributed by atoms with Crippen molar-refractivity contribution in [2.45, 2.75) is 0 Å². The van der Waals surface area contributed by atoms with Crippen molar-refractivity contribution in [3.8, 4) is 22.6 Å². The fourth-order valence-electron chi connectivity index (χ4n) is 4.24. The van der Waals surface area contributed by atoms with Gasteiger partial charge in [0.15, 0.2) is 11.5 Å².